The number of oxazole rings is 1. The lowest BCUT2D eigenvalue weighted by molar-refractivity contribution is 0.145. The Labute approximate surface area is 204 Å². The molecule has 0 aliphatic carbocycles. The Bertz CT molecular complexity index is 898. The fourth-order valence-corrected chi connectivity index (χ4v) is 3.33. The highest BCUT2D eigenvalue weighted by molar-refractivity contribution is 14.0. The lowest BCUT2D eigenvalue weighted by atomic mass is 10.2. The first-order chi connectivity index (χ1) is 14.8. The van der Waals surface area contributed by atoms with Crippen molar-refractivity contribution in [2.75, 3.05) is 26.9 Å². The molecule has 0 aliphatic rings. The Morgan fingerprint density at radius 2 is 2.03 bits per heavy atom. The van der Waals surface area contributed by atoms with Crippen LogP contribution in [0.2, 0.25) is 0 Å². The van der Waals surface area contributed by atoms with E-state index >= 15 is 0 Å². The van der Waals surface area contributed by atoms with Crippen LogP contribution in [-0.2, 0) is 17.8 Å². The molecule has 3 aromatic rings. The standard InChI is InChI=1S/C22H28N4O3S.HI/c1-3-28-12-5-11-23-22(24-14-17-7-9-19(27-2)10-8-17)25-15-18-16-29-21(26-18)20-6-4-13-30-20;/h4,6-10,13,16H,3,5,11-12,14-15H2,1-2H3,(H2,23,24,25);1H. The fraction of sp³-hybridized carbons (Fsp3) is 0.364. The van der Waals surface area contributed by atoms with E-state index in [1.54, 1.807) is 24.7 Å². The monoisotopic (exact) mass is 556 g/mol. The SMILES string of the molecule is CCOCCCNC(=NCc1ccc(OC)cc1)NCc1coc(-c2cccs2)n1.I. The van der Waals surface area contributed by atoms with Crippen LogP contribution in [0.15, 0.2) is 57.5 Å². The van der Waals surface area contributed by atoms with Gasteiger partial charge in [-0.3, -0.25) is 0 Å². The third-order valence-corrected chi connectivity index (χ3v) is 5.12. The number of nitrogens with one attached hydrogen (secondary N) is 2. The van der Waals surface area contributed by atoms with Crippen molar-refractivity contribution in [3.05, 3.63) is 59.3 Å². The number of benzene rings is 1. The van der Waals surface area contributed by atoms with E-state index < -0.39 is 0 Å². The van der Waals surface area contributed by atoms with Crippen molar-refractivity contribution >= 4 is 41.3 Å². The number of rotatable bonds is 11. The number of guanidine groups is 1. The van der Waals surface area contributed by atoms with Gasteiger partial charge < -0.3 is 24.5 Å². The summed E-state index contributed by atoms with van der Waals surface area (Å²) in [6.45, 7) is 5.31. The van der Waals surface area contributed by atoms with Gasteiger partial charge in [-0.25, -0.2) is 9.98 Å². The Balaban J connectivity index is 0.00000341. The van der Waals surface area contributed by atoms with Gasteiger partial charge in [-0.2, -0.15) is 0 Å². The smallest absolute Gasteiger partial charge is 0.236 e. The second kappa shape index (κ2) is 14.0. The second-order valence-electron chi connectivity index (χ2n) is 6.47. The van der Waals surface area contributed by atoms with Crippen LogP contribution in [0.1, 0.15) is 24.6 Å². The van der Waals surface area contributed by atoms with Crippen LogP contribution in [0.3, 0.4) is 0 Å². The fourth-order valence-electron chi connectivity index (χ4n) is 2.68. The van der Waals surface area contributed by atoms with Crippen molar-refractivity contribution in [2.24, 2.45) is 4.99 Å². The number of aromatic nitrogens is 1. The van der Waals surface area contributed by atoms with E-state index in [1.165, 1.54) is 0 Å². The molecule has 0 unspecified atom stereocenters. The topological polar surface area (TPSA) is 80.9 Å². The summed E-state index contributed by atoms with van der Waals surface area (Å²) in [7, 11) is 1.66. The van der Waals surface area contributed by atoms with E-state index in [4.69, 9.17) is 18.9 Å². The number of nitrogens with zero attached hydrogens (tertiary/aromatic N) is 2. The van der Waals surface area contributed by atoms with Crippen LogP contribution in [0.5, 0.6) is 5.75 Å². The Kier molecular flexibility index (Phi) is 11.4. The molecule has 3 rings (SSSR count). The van der Waals surface area contributed by atoms with Crippen molar-refractivity contribution in [2.45, 2.75) is 26.4 Å². The van der Waals surface area contributed by atoms with Gasteiger partial charge in [0.05, 0.1) is 30.8 Å². The van der Waals surface area contributed by atoms with Crippen molar-refractivity contribution in [1.82, 2.24) is 15.6 Å². The van der Waals surface area contributed by atoms with E-state index in [1.807, 2.05) is 48.7 Å². The van der Waals surface area contributed by atoms with Crippen LogP contribution < -0.4 is 15.4 Å². The summed E-state index contributed by atoms with van der Waals surface area (Å²) in [4.78, 5) is 10.3. The summed E-state index contributed by atoms with van der Waals surface area (Å²) in [6.07, 6.45) is 2.59. The third kappa shape index (κ3) is 8.50. The largest absolute Gasteiger partial charge is 0.497 e. The van der Waals surface area contributed by atoms with Crippen LogP contribution in [0.4, 0.5) is 0 Å². The van der Waals surface area contributed by atoms with Gasteiger partial charge in [0.25, 0.3) is 0 Å². The predicted molar refractivity (Wildman–Crippen MR) is 135 cm³/mol. The van der Waals surface area contributed by atoms with Gasteiger partial charge in [-0.1, -0.05) is 18.2 Å². The summed E-state index contributed by atoms with van der Waals surface area (Å²) in [6, 6.07) is 11.9. The summed E-state index contributed by atoms with van der Waals surface area (Å²) >= 11 is 1.61. The first-order valence-electron chi connectivity index (χ1n) is 9.99. The molecule has 168 valence electrons. The molecule has 0 spiro atoms. The molecule has 0 atom stereocenters. The zero-order chi connectivity index (χ0) is 21.0. The maximum absolute atomic E-state index is 5.59. The highest BCUT2D eigenvalue weighted by Gasteiger charge is 2.08. The van der Waals surface area contributed by atoms with Crippen molar-refractivity contribution in [3.8, 4) is 16.5 Å². The molecule has 0 bridgehead atoms. The molecule has 1 aromatic carbocycles. The number of hydrogen-bond acceptors (Lipinski definition) is 6. The molecule has 31 heavy (non-hydrogen) atoms. The van der Waals surface area contributed by atoms with Crippen molar-refractivity contribution in [3.63, 3.8) is 0 Å². The zero-order valence-corrected chi connectivity index (χ0v) is 20.9. The molecule has 7 nitrogen and oxygen atoms in total. The Morgan fingerprint density at radius 1 is 1.19 bits per heavy atom. The average Bonchev–Trinajstić information content (AvgIpc) is 3.47. The van der Waals surface area contributed by atoms with E-state index in [-0.39, 0.29) is 24.0 Å². The molecule has 0 aliphatic heterocycles. The molecule has 0 saturated heterocycles. The van der Waals surface area contributed by atoms with E-state index in [9.17, 15) is 0 Å². The summed E-state index contributed by atoms with van der Waals surface area (Å²) < 4.78 is 16.2. The van der Waals surface area contributed by atoms with Crippen molar-refractivity contribution < 1.29 is 13.9 Å². The Morgan fingerprint density at radius 3 is 2.74 bits per heavy atom. The van der Waals surface area contributed by atoms with Gasteiger partial charge in [-0.05, 0) is 42.5 Å². The normalized spacial score (nSPS) is 11.1. The number of ether oxygens (including phenoxy) is 2. The van der Waals surface area contributed by atoms with Gasteiger partial charge >= 0.3 is 0 Å². The average molecular weight is 556 g/mol. The van der Waals surface area contributed by atoms with E-state index in [0.717, 1.165) is 54.0 Å². The van der Waals surface area contributed by atoms with E-state index in [2.05, 4.69) is 15.6 Å². The molecule has 0 amide bonds. The molecule has 2 heterocycles. The summed E-state index contributed by atoms with van der Waals surface area (Å²) in [5, 5.41) is 8.69. The first-order valence-corrected chi connectivity index (χ1v) is 10.9. The first kappa shape index (κ1) is 25.2. The van der Waals surface area contributed by atoms with Gasteiger partial charge in [-0.15, -0.1) is 35.3 Å². The predicted octanol–water partition coefficient (Wildman–Crippen LogP) is 4.69. The third-order valence-electron chi connectivity index (χ3n) is 4.26. The van der Waals surface area contributed by atoms with Gasteiger partial charge in [0.2, 0.25) is 5.89 Å². The maximum Gasteiger partial charge on any atom is 0.236 e. The molecule has 0 fully saturated rings. The zero-order valence-electron chi connectivity index (χ0n) is 17.8. The number of methoxy groups -OCH3 is 1. The molecule has 2 aromatic heterocycles. The minimum Gasteiger partial charge on any atom is -0.497 e. The maximum atomic E-state index is 5.59. The number of halogens is 1. The van der Waals surface area contributed by atoms with Crippen molar-refractivity contribution in [1.29, 1.82) is 0 Å². The van der Waals surface area contributed by atoms with Crippen LogP contribution >= 0.6 is 35.3 Å². The Hall–Kier alpha value is -2.11. The highest BCUT2D eigenvalue weighted by Crippen LogP contribution is 2.23. The van der Waals surface area contributed by atoms with Gasteiger partial charge in [0, 0.05) is 19.8 Å². The van der Waals surface area contributed by atoms with Gasteiger partial charge in [0.15, 0.2) is 5.96 Å². The van der Waals surface area contributed by atoms with Crippen LogP contribution in [-0.4, -0.2) is 37.8 Å². The number of aliphatic imine (C=N–C) groups is 1. The highest BCUT2D eigenvalue weighted by atomic mass is 127. The molecule has 2 N–H and O–H groups in total. The minimum absolute atomic E-state index is 0. The quantitative estimate of drug-likeness (QED) is 0.154. The minimum atomic E-state index is 0. The molecule has 0 saturated carbocycles. The van der Waals surface area contributed by atoms with Crippen LogP contribution in [0, 0.1) is 0 Å². The molecular formula is C22H29IN4O3S. The molecule has 0 radical (unpaired) electrons. The molecule has 9 heteroatoms. The number of thiophene rings is 1. The van der Waals surface area contributed by atoms with Gasteiger partial charge in [0.1, 0.15) is 12.0 Å². The van der Waals surface area contributed by atoms with Crippen LogP contribution in [0.25, 0.3) is 10.8 Å². The second-order valence-corrected chi connectivity index (χ2v) is 7.41. The van der Waals surface area contributed by atoms with E-state index in [0.29, 0.717) is 19.0 Å². The summed E-state index contributed by atoms with van der Waals surface area (Å²) in [5.74, 6) is 2.20. The summed E-state index contributed by atoms with van der Waals surface area (Å²) in [5.41, 5.74) is 1.93. The lowest BCUT2D eigenvalue weighted by Gasteiger charge is -2.12. The molecular weight excluding hydrogens is 527 g/mol. The number of hydrogen-bond donors (Lipinski definition) is 2. The lowest BCUT2D eigenvalue weighted by Crippen LogP contribution is -2.38.